The van der Waals surface area contributed by atoms with E-state index in [2.05, 4.69) is 4.99 Å². The molecule has 36 heavy (non-hydrogen) atoms. The minimum absolute atomic E-state index is 0.288. The van der Waals surface area contributed by atoms with Crippen molar-refractivity contribution in [3.63, 3.8) is 0 Å². The van der Waals surface area contributed by atoms with Crippen LogP contribution < -0.4 is 19.6 Å². The summed E-state index contributed by atoms with van der Waals surface area (Å²) in [6.07, 6.45) is 1.67. The van der Waals surface area contributed by atoms with Crippen LogP contribution in [0.2, 0.25) is 5.02 Å². The van der Waals surface area contributed by atoms with Crippen LogP contribution in [0.15, 0.2) is 86.1 Å². The van der Waals surface area contributed by atoms with E-state index in [1.165, 1.54) is 23.0 Å². The first kappa shape index (κ1) is 23.8. The number of halogens is 1. The van der Waals surface area contributed by atoms with Gasteiger partial charge >= 0.3 is 5.97 Å². The number of rotatable bonds is 5. The lowest BCUT2D eigenvalue weighted by Gasteiger charge is -2.24. The summed E-state index contributed by atoms with van der Waals surface area (Å²) in [5, 5.41) is 0.572. The van der Waals surface area contributed by atoms with Crippen LogP contribution >= 0.6 is 22.9 Å². The molecular formula is C27H21ClN2O5S. The number of nitrogens with zero attached hydrogens (tertiary/aromatic N) is 2. The standard InChI is InChI=1S/C27H21ClN2O5S/c1-15-23(26(32)34-3)24(16-8-10-17(33-2)11-9-16)30-25(31)22(36-27(30)29-15)14-18-12-13-21(35-18)19-6-4-5-7-20(19)28/h4-14,24H,1-3H3/b22-14-/t24-/m0/s1. The van der Waals surface area contributed by atoms with E-state index < -0.39 is 12.0 Å². The van der Waals surface area contributed by atoms with Crippen LogP contribution in [-0.2, 0) is 9.53 Å². The highest BCUT2D eigenvalue weighted by molar-refractivity contribution is 7.07. The van der Waals surface area contributed by atoms with Crippen LogP contribution in [0, 0.1) is 0 Å². The van der Waals surface area contributed by atoms with Gasteiger partial charge in [-0.1, -0.05) is 47.2 Å². The van der Waals surface area contributed by atoms with Gasteiger partial charge in [0.25, 0.3) is 5.56 Å². The van der Waals surface area contributed by atoms with E-state index in [0.717, 1.165) is 11.1 Å². The van der Waals surface area contributed by atoms with Crippen LogP contribution in [0.3, 0.4) is 0 Å². The minimum Gasteiger partial charge on any atom is -0.497 e. The minimum atomic E-state index is -0.697. The molecule has 4 aromatic rings. The maximum absolute atomic E-state index is 13.6. The highest BCUT2D eigenvalue weighted by Gasteiger charge is 2.33. The number of benzene rings is 2. The van der Waals surface area contributed by atoms with E-state index >= 15 is 0 Å². The van der Waals surface area contributed by atoms with E-state index in [4.69, 9.17) is 25.5 Å². The summed E-state index contributed by atoms with van der Waals surface area (Å²) in [6.45, 7) is 1.74. The maximum atomic E-state index is 13.6. The van der Waals surface area contributed by atoms with Crippen molar-refractivity contribution >= 4 is 35.0 Å². The quantitative estimate of drug-likeness (QED) is 0.366. The summed E-state index contributed by atoms with van der Waals surface area (Å²) >= 11 is 7.52. The van der Waals surface area contributed by atoms with Gasteiger partial charge in [-0.2, -0.15) is 0 Å². The fourth-order valence-corrected chi connectivity index (χ4v) is 5.42. The zero-order valence-electron chi connectivity index (χ0n) is 19.7. The van der Waals surface area contributed by atoms with Crippen molar-refractivity contribution in [1.82, 2.24) is 4.57 Å². The van der Waals surface area contributed by atoms with Gasteiger partial charge in [0, 0.05) is 11.6 Å². The molecule has 1 aliphatic rings. The molecule has 1 atom stereocenters. The van der Waals surface area contributed by atoms with Crippen molar-refractivity contribution < 1.29 is 18.7 Å². The number of methoxy groups -OCH3 is 2. The van der Waals surface area contributed by atoms with Gasteiger partial charge < -0.3 is 13.9 Å². The molecule has 0 amide bonds. The SMILES string of the molecule is COC(=O)C1=C(C)N=c2s/c(=C\c3ccc(-c4ccccc4Cl)o3)c(=O)n2[C@H]1c1ccc(OC)cc1. The Morgan fingerprint density at radius 1 is 1.11 bits per heavy atom. The third kappa shape index (κ3) is 4.19. The summed E-state index contributed by atoms with van der Waals surface area (Å²) in [6, 6.07) is 17.5. The van der Waals surface area contributed by atoms with Gasteiger partial charge in [0.15, 0.2) is 4.80 Å². The maximum Gasteiger partial charge on any atom is 0.338 e. The number of furan rings is 1. The molecule has 0 bridgehead atoms. The molecule has 1 aliphatic heterocycles. The molecule has 0 aliphatic carbocycles. The number of ether oxygens (including phenoxy) is 2. The average molecular weight is 521 g/mol. The van der Waals surface area contributed by atoms with E-state index in [1.54, 1.807) is 44.4 Å². The normalized spacial score (nSPS) is 15.4. The van der Waals surface area contributed by atoms with Crippen molar-refractivity contribution in [2.75, 3.05) is 14.2 Å². The number of hydrogen-bond acceptors (Lipinski definition) is 7. The lowest BCUT2D eigenvalue weighted by Crippen LogP contribution is -2.39. The monoisotopic (exact) mass is 520 g/mol. The molecule has 0 saturated heterocycles. The van der Waals surface area contributed by atoms with E-state index in [1.807, 2.05) is 36.4 Å². The van der Waals surface area contributed by atoms with Gasteiger partial charge in [0.2, 0.25) is 0 Å². The Morgan fingerprint density at radius 2 is 1.86 bits per heavy atom. The molecule has 7 nitrogen and oxygen atoms in total. The first-order valence-corrected chi connectivity index (χ1v) is 12.2. The zero-order chi connectivity index (χ0) is 25.4. The van der Waals surface area contributed by atoms with Crippen molar-refractivity contribution in [2.45, 2.75) is 13.0 Å². The molecule has 2 aromatic carbocycles. The number of esters is 1. The van der Waals surface area contributed by atoms with E-state index in [9.17, 15) is 9.59 Å². The Bertz CT molecular complexity index is 1680. The summed E-state index contributed by atoms with van der Waals surface area (Å²) < 4.78 is 18.2. The molecule has 0 radical (unpaired) electrons. The molecule has 0 saturated carbocycles. The number of aromatic nitrogens is 1. The fourth-order valence-electron chi connectivity index (χ4n) is 4.16. The molecule has 0 N–H and O–H groups in total. The Kier molecular flexibility index (Phi) is 6.38. The second-order valence-electron chi connectivity index (χ2n) is 8.03. The summed E-state index contributed by atoms with van der Waals surface area (Å²) in [4.78, 5) is 31.4. The first-order valence-electron chi connectivity index (χ1n) is 11.0. The molecule has 3 heterocycles. The van der Waals surface area contributed by atoms with Crippen LogP contribution in [0.4, 0.5) is 0 Å². The zero-order valence-corrected chi connectivity index (χ0v) is 21.2. The van der Waals surface area contributed by atoms with Crippen molar-refractivity contribution in [1.29, 1.82) is 0 Å². The number of carbonyl (C=O) groups is 1. The smallest absolute Gasteiger partial charge is 0.338 e. The number of hydrogen-bond donors (Lipinski definition) is 0. The molecule has 5 rings (SSSR count). The van der Waals surface area contributed by atoms with Crippen LogP contribution in [0.1, 0.15) is 24.3 Å². The van der Waals surface area contributed by atoms with E-state index in [-0.39, 0.29) is 5.56 Å². The Balaban J connectivity index is 1.65. The highest BCUT2D eigenvalue weighted by Crippen LogP contribution is 2.32. The summed E-state index contributed by atoms with van der Waals surface area (Å²) in [5.41, 5.74) is 2.01. The number of fused-ring (bicyclic) bond motifs is 1. The Hall–Kier alpha value is -3.88. The van der Waals surface area contributed by atoms with Crippen molar-refractivity contribution in [3.05, 3.63) is 108 Å². The van der Waals surface area contributed by atoms with Gasteiger partial charge in [-0.15, -0.1) is 0 Å². The summed E-state index contributed by atoms with van der Waals surface area (Å²) in [7, 11) is 2.89. The third-order valence-electron chi connectivity index (χ3n) is 5.90. The lowest BCUT2D eigenvalue weighted by atomic mass is 9.96. The fraction of sp³-hybridized carbons (Fsp3) is 0.148. The number of thiazole rings is 1. The van der Waals surface area contributed by atoms with Gasteiger partial charge in [0.1, 0.15) is 17.3 Å². The Morgan fingerprint density at radius 3 is 2.56 bits per heavy atom. The highest BCUT2D eigenvalue weighted by atomic mass is 35.5. The van der Waals surface area contributed by atoms with Crippen LogP contribution in [0.5, 0.6) is 5.75 Å². The molecular weight excluding hydrogens is 500 g/mol. The van der Waals surface area contributed by atoms with Crippen LogP contribution in [-0.4, -0.2) is 24.8 Å². The van der Waals surface area contributed by atoms with Crippen molar-refractivity contribution in [2.24, 2.45) is 4.99 Å². The second-order valence-corrected chi connectivity index (χ2v) is 9.44. The summed E-state index contributed by atoms with van der Waals surface area (Å²) in [5.74, 6) is 1.22. The number of carbonyl (C=O) groups excluding carboxylic acids is 1. The topological polar surface area (TPSA) is 83.0 Å². The van der Waals surface area contributed by atoms with Crippen LogP contribution in [0.25, 0.3) is 17.4 Å². The van der Waals surface area contributed by atoms with E-state index in [0.29, 0.717) is 42.9 Å². The molecule has 0 spiro atoms. The predicted octanol–water partition coefficient (Wildman–Crippen LogP) is 4.33. The molecule has 0 unspecified atom stereocenters. The first-order chi connectivity index (χ1) is 17.4. The van der Waals surface area contributed by atoms with Gasteiger partial charge in [0.05, 0.1) is 41.1 Å². The molecule has 0 fully saturated rings. The van der Waals surface area contributed by atoms with Crippen molar-refractivity contribution in [3.8, 4) is 17.1 Å². The number of allylic oxidation sites excluding steroid dienone is 1. The average Bonchev–Trinajstić information content (AvgIpc) is 3.47. The second kappa shape index (κ2) is 9.64. The Labute approximate surface area is 215 Å². The van der Waals surface area contributed by atoms with Gasteiger partial charge in [-0.3, -0.25) is 9.36 Å². The van der Waals surface area contributed by atoms with Gasteiger partial charge in [-0.05, 0) is 48.9 Å². The molecule has 182 valence electrons. The van der Waals surface area contributed by atoms with Gasteiger partial charge in [-0.25, -0.2) is 9.79 Å². The predicted molar refractivity (Wildman–Crippen MR) is 138 cm³/mol. The lowest BCUT2D eigenvalue weighted by molar-refractivity contribution is -0.136. The molecule has 2 aromatic heterocycles. The third-order valence-corrected chi connectivity index (χ3v) is 7.21. The molecule has 9 heteroatoms. The largest absolute Gasteiger partial charge is 0.497 e.